The first kappa shape index (κ1) is 18.6. The van der Waals surface area contributed by atoms with Crippen molar-refractivity contribution >= 4 is 15.9 Å². The molecule has 0 radical (unpaired) electrons. The van der Waals surface area contributed by atoms with Gasteiger partial charge in [-0.15, -0.1) is 0 Å². The molecule has 0 bridgehead atoms. The summed E-state index contributed by atoms with van der Waals surface area (Å²) < 4.78 is 1.11. The zero-order chi connectivity index (χ0) is 15.9. The van der Waals surface area contributed by atoms with Gasteiger partial charge in [0.15, 0.2) is 0 Å². The number of aliphatic hydroxyl groups excluding tert-OH is 1. The zero-order valence-electron chi connectivity index (χ0n) is 13.7. The van der Waals surface area contributed by atoms with Gasteiger partial charge in [0.25, 0.3) is 0 Å². The fourth-order valence-corrected chi connectivity index (χ4v) is 2.41. The monoisotopic (exact) mass is 356 g/mol. The molecule has 1 rings (SSSR count). The highest BCUT2D eigenvalue weighted by atomic mass is 79.9. The van der Waals surface area contributed by atoms with E-state index in [-0.39, 0.29) is 12.1 Å². The van der Waals surface area contributed by atoms with Gasteiger partial charge in [-0.25, -0.2) is 0 Å². The van der Waals surface area contributed by atoms with Crippen LogP contribution in [-0.2, 0) is 0 Å². The molecule has 1 aromatic rings. The van der Waals surface area contributed by atoms with E-state index in [0.717, 1.165) is 30.4 Å². The summed E-state index contributed by atoms with van der Waals surface area (Å²) in [5.41, 5.74) is 1.15. The van der Waals surface area contributed by atoms with E-state index in [2.05, 4.69) is 78.2 Å². The van der Waals surface area contributed by atoms with Crippen LogP contribution < -0.4 is 5.32 Å². The molecule has 0 aromatic heterocycles. The van der Waals surface area contributed by atoms with Gasteiger partial charge in [-0.05, 0) is 58.0 Å². The fraction of sp³-hybridized carbons (Fsp3) is 0.647. The number of aliphatic hydroxyl groups is 1. The predicted molar refractivity (Wildman–Crippen MR) is 93.6 cm³/mol. The average molecular weight is 357 g/mol. The molecule has 4 heteroatoms. The molecule has 0 fully saturated rings. The Morgan fingerprint density at radius 2 is 1.90 bits per heavy atom. The Morgan fingerprint density at radius 3 is 2.43 bits per heavy atom. The van der Waals surface area contributed by atoms with Crippen LogP contribution in [0.5, 0.6) is 0 Å². The summed E-state index contributed by atoms with van der Waals surface area (Å²) in [6.07, 6.45) is 2.16. The molecule has 0 saturated heterocycles. The molecular weight excluding hydrogens is 328 g/mol. The highest BCUT2D eigenvalue weighted by Crippen LogP contribution is 2.21. The molecule has 0 aliphatic carbocycles. The van der Waals surface area contributed by atoms with Crippen LogP contribution in [0.3, 0.4) is 0 Å². The van der Waals surface area contributed by atoms with Gasteiger partial charge in [0.05, 0.1) is 6.61 Å². The molecule has 0 spiro atoms. The Morgan fingerprint density at radius 1 is 1.29 bits per heavy atom. The fourth-order valence-electron chi connectivity index (χ4n) is 2.15. The van der Waals surface area contributed by atoms with Crippen molar-refractivity contribution in [1.82, 2.24) is 10.2 Å². The van der Waals surface area contributed by atoms with E-state index in [4.69, 9.17) is 0 Å². The molecule has 0 saturated carbocycles. The van der Waals surface area contributed by atoms with Crippen LogP contribution in [-0.4, -0.2) is 42.3 Å². The van der Waals surface area contributed by atoms with Gasteiger partial charge < -0.3 is 10.4 Å². The quantitative estimate of drug-likeness (QED) is 0.709. The molecule has 0 heterocycles. The van der Waals surface area contributed by atoms with E-state index >= 15 is 0 Å². The Bertz CT molecular complexity index is 406. The lowest BCUT2D eigenvalue weighted by Crippen LogP contribution is -2.45. The van der Waals surface area contributed by atoms with E-state index in [1.807, 2.05) is 0 Å². The molecule has 120 valence electrons. The number of halogens is 1. The van der Waals surface area contributed by atoms with Crippen LogP contribution in [0.4, 0.5) is 0 Å². The molecule has 2 N–H and O–H groups in total. The molecule has 21 heavy (non-hydrogen) atoms. The van der Waals surface area contributed by atoms with E-state index in [0.29, 0.717) is 6.04 Å². The highest BCUT2D eigenvalue weighted by molar-refractivity contribution is 9.10. The van der Waals surface area contributed by atoms with E-state index < -0.39 is 0 Å². The SMILES string of the molecule is CCCNC(CCN(C)C(C)(C)CO)c1ccc(Br)cc1. The lowest BCUT2D eigenvalue weighted by Gasteiger charge is -2.35. The number of rotatable bonds is 9. The van der Waals surface area contributed by atoms with E-state index in [1.54, 1.807) is 0 Å². The second kappa shape index (κ2) is 8.89. The number of benzene rings is 1. The third-order valence-electron chi connectivity index (χ3n) is 4.09. The normalized spacial score (nSPS) is 13.7. The van der Waals surface area contributed by atoms with Crippen molar-refractivity contribution in [2.45, 2.75) is 45.2 Å². The summed E-state index contributed by atoms with van der Waals surface area (Å²) in [5, 5.41) is 13.1. The van der Waals surface area contributed by atoms with Crippen LogP contribution in [0.2, 0.25) is 0 Å². The topological polar surface area (TPSA) is 35.5 Å². The van der Waals surface area contributed by atoms with Crippen molar-refractivity contribution in [2.24, 2.45) is 0 Å². The number of nitrogens with one attached hydrogen (secondary N) is 1. The maximum absolute atomic E-state index is 9.46. The van der Waals surface area contributed by atoms with Gasteiger partial charge in [-0.3, -0.25) is 4.90 Å². The lowest BCUT2D eigenvalue weighted by atomic mass is 10.0. The van der Waals surface area contributed by atoms with Crippen LogP contribution in [0.1, 0.15) is 45.2 Å². The summed E-state index contributed by atoms with van der Waals surface area (Å²) in [4.78, 5) is 2.23. The molecule has 0 aliphatic heterocycles. The zero-order valence-corrected chi connectivity index (χ0v) is 15.3. The van der Waals surface area contributed by atoms with Gasteiger partial charge in [0, 0.05) is 22.6 Å². The second-order valence-electron chi connectivity index (χ2n) is 6.24. The lowest BCUT2D eigenvalue weighted by molar-refractivity contribution is 0.0758. The minimum Gasteiger partial charge on any atom is -0.394 e. The van der Waals surface area contributed by atoms with E-state index in [9.17, 15) is 5.11 Å². The number of hydrogen-bond donors (Lipinski definition) is 2. The second-order valence-corrected chi connectivity index (χ2v) is 7.15. The summed E-state index contributed by atoms with van der Waals surface area (Å²) in [6, 6.07) is 8.90. The van der Waals surface area contributed by atoms with Crippen molar-refractivity contribution in [3.05, 3.63) is 34.3 Å². The Labute approximate surface area is 137 Å². The van der Waals surface area contributed by atoms with E-state index in [1.165, 1.54) is 5.56 Å². The minimum absolute atomic E-state index is 0.172. The molecular formula is C17H29BrN2O. The number of hydrogen-bond acceptors (Lipinski definition) is 3. The maximum Gasteiger partial charge on any atom is 0.0609 e. The maximum atomic E-state index is 9.46. The summed E-state index contributed by atoms with van der Waals surface area (Å²) in [7, 11) is 2.08. The first-order chi connectivity index (χ1) is 9.90. The Balaban J connectivity index is 2.68. The molecule has 1 unspecified atom stereocenters. The standard InChI is InChI=1S/C17H29BrN2O/c1-5-11-19-16(14-6-8-15(18)9-7-14)10-12-20(4)17(2,3)13-21/h6-9,16,19,21H,5,10-13H2,1-4H3. The average Bonchev–Trinajstić information content (AvgIpc) is 2.48. The van der Waals surface area contributed by atoms with Gasteiger partial charge >= 0.3 is 0 Å². The first-order valence-corrected chi connectivity index (χ1v) is 8.51. The highest BCUT2D eigenvalue weighted by Gasteiger charge is 2.23. The molecule has 0 aliphatic rings. The van der Waals surface area contributed by atoms with Crippen molar-refractivity contribution < 1.29 is 5.11 Å². The minimum atomic E-state index is -0.172. The molecule has 1 aromatic carbocycles. The van der Waals surface area contributed by atoms with Gasteiger partial charge in [-0.1, -0.05) is 35.0 Å². The van der Waals surface area contributed by atoms with Crippen LogP contribution in [0.15, 0.2) is 28.7 Å². The van der Waals surface area contributed by atoms with Crippen molar-refractivity contribution in [3.8, 4) is 0 Å². The smallest absolute Gasteiger partial charge is 0.0609 e. The predicted octanol–water partition coefficient (Wildman–Crippen LogP) is 3.58. The summed E-state index contributed by atoms with van der Waals surface area (Å²) in [5.74, 6) is 0. The number of nitrogens with zero attached hydrogens (tertiary/aromatic N) is 1. The number of likely N-dealkylation sites (N-methyl/N-ethyl adjacent to an activating group) is 1. The first-order valence-electron chi connectivity index (χ1n) is 7.71. The Hall–Kier alpha value is -0.420. The van der Waals surface area contributed by atoms with Crippen molar-refractivity contribution in [2.75, 3.05) is 26.7 Å². The van der Waals surface area contributed by atoms with Crippen molar-refractivity contribution in [1.29, 1.82) is 0 Å². The largest absolute Gasteiger partial charge is 0.394 e. The molecule has 1 atom stereocenters. The van der Waals surface area contributed by atoms with Crippen LogP contribution in [0, 0.1) is 0 Å². The van der Waals surface area contributed by atoms with Gasteiger partial charge in [0.1, 0.15) is 0 Å². The van der Waals surface area contributed by atoms with Gasteiger partial charge in [0.2, 0.25) is 0 Å². The summed E-state index contributed by atoms with van der Waals surface area (Å²) >= 11 is 3.49. The van der Waals surface area contributed by atoms with Crippen LogP contribution >= 0.6 is 15.9 Å². The third kappa shape index (κ3) is 6.07. The van der Waals surface area contributed by atoms with Gasteiger partial charge in [-0.2, -0.15) is 0 Å². The molecule has 0 amide bonds. The van der Waals surface area contributed by atoms with Crippen LogP contribution in [0.25, 0.3) is 0 Å². The van der Waals surface area contributed by atoms with Crippen molar-refractivity contribution in [3.63, 3.8) is 0 Å². The molecule has 3 nitrogen and oxygen atoms in total. The summed E-state index contributed by atoms with van der Waals surface area (Å²) in [6.45, 7) is 8.47. The Kier molecular flexibility index (Phi) is 7.88. The third-order valence-corrected chi connectivity index (χ3v) is 4.62.